The molecule has 0 spiro atoms. The number of carbonyl (C=O) groups excluding carboxylic acids is 3. The van der Waals surface area contributed by atoms with Gasteiger partial charge in [0.05, 0.1) is 23.5 Å². The van der Waals surface area contributed by atoms with E-state index >= 15 is 0 Å². The van der Waals surface area contributed by atoms with Crippen molar-refractivity contribution in [1.29, 1.82) is 0 Å². The molecule has 4 aliphatic rings. The topological polar surface area (TPSA) is 264 Å². The van der Waals surface area contributed by atoms with Crippen LogP contribution in [0.1, 0.15) is 154 Å². The first-order valence-electron chi connectivity index (χ1n) is 22.2. The molecule has 17 nitrogen and oxygen atoms in total. The third kappa shape index (κ3) is 32.2. The molecule has 0 radical (unpaired) electrons. The number of halogens is 13. The number of ether oxygens (including phenoxy) is 3. The Balaban J connectivity index is -0.000000272. The zero-order chi connectivity index (χ0) is 55.1. The summed E-state index contributed by atoms with van der Waals surface area (Å²) < 4.78 is 122. The van der Waals surface area contributed by atoms with Gasteiger partial charge in [-0.15, -0.1) is 41.7 Å². The Morgan fingerprint density at radius 1 is 0.644 bits per heavy atom. The minimum Gasteiger partial charge on any atom is -0.574 e. The SMILES string of the molecule is C.C.CC(C)(C)OC(=O)N[C@@H]1[C@@H](N)CCCC1(F)F.CC(C)(C)OC(=O)N[C@@H]1[C@@H](N=[N+]=[N-])CCCC1(F)F.CC(C)(C)OC(=O)N[C@H]1CCCC(F)(F)[C@@H]1N.CO.Cl.ClCCl.FC1(F)CCC[C@H]([N-]Cl)[C@H]1[N-]Cl. The van der Waals surface area contributed by atoms with Crippen molar-refractivity contribution in [1.82, 2.24) is 16.0 Å². The first-order chi connectivity index (χ1) is 31.9. The molecule has 4 rings (SSSR count). The van der Waals surface area contributed by atoms with Gasteiger partial charge in [-0.2, -0.15) is 0 Å². The quantitative estimate of drug-likeness (QED) is 0.0368. The number of hydrogen-bond acceptors (Lipinski definition) is 10. The van der Waals surface area contributed by atoms with Crippen LogP contribution in [-0.2, 0) is 14.2 Å². The molecular weight excluding hydrogens is 1100 g/mol. The number of nitrogens with one attached hydrogen (secondary N) is 3. The van der Waals surface area contributed by atoms with Crippen molar-refractivity contribution in [3.05, 3.63) is 20.1 Å². The van der Waals surface area contributed by atoms with E-state index in [1.807, 2.05) is 0 Å². The molecule has 4 aliphatic carbocycles. The van der Waals surface area contributed by atoms with Gasteiger partial charge in [0.15, 0.2) is 0 Å². The summed E-state index contributed by atoms with van der Waals surface area (Å²) in [6, 6.07) is -8.53. The van der Waals surface area contributed by atoms with Gasteiger partial charge in [-0.3, -0.25) is 23.6 Å². The van der Waals surface area contributed by atoms with Crippen molar-refractivity contribution in [3.8, 4) is 0 Å². The first kappa shape index (κ1) is 79.7. The number of alkyl carbamates (subject to hydrolysis) is 3. The highest BCUT2D eigenvalue weighted by Crippen LogP contribution is 2.42. The van der Waals surface area contributed by atoms with Gasteiger partial charge in [0.1, 0.15) is 28.9 Å². The summed E-state index contributed by atoms with van der Waals surface area (Å²) in [4.78, 5) is 43.4. The van der Waals surface area contributed by atoms with Gasteiger partial charge in [-0.25, -0.2) is 49.5 Å². The first-order valence-corrected chi connectivity index (χ1v) is 23.9. The largest absolute Gasteiger partial charge is 0.574 e. The van der Waals surface area contributed by atoms with Crippen LogP contribution in [0.25, 0.3) is 20.1 Å². The Morgan fingerprint density at radius 2 is 1.00 bits per heavy atom. The molecule has 4 saturated carbocycles. The highest BCUT2D eigenvalue weighted by molar-refractivity contribution is 6.40. The van der Waals surface area contributed by atoms with Crippen LogP contribution < -0.4 is 27.4 Å². The van der Waals surface area contributed by atoms with Crippen LogP contribution in [0, 0.1) is 0 Å². The van der Waals surface area contributed by atoms with Crippen molar-refractivity contribution in [2.24, 2.45) is 16.6 Å². The van der Waals surface area contributed by atoms with E-state index in [1.54, 1.807) is 62.3 Å². The molecule has 0 aromatic heterocycles. The zero-order valence-electron chi connectivity index (χ0n) is 41.5. The van der Waals surface area contributed by atoms with Crippen LogP contribution in [0.5, 0.6) is 0 Å². The number of aliphatic hydroxyl groups excluding tert-OH is 1. The van der Waals surface area contributed by atoms with E-state index in [4.69, 9.17) is 83.1 Å². The molecule has 438 valence electrons. The smallest absolute Gasteiger partial charge is 0.408 e. The monoisotopic (exact) mass is 1180 g/mol. The number of aliphatic hydroxyl groups is 1. The van der Waals surface area contributed by atoms with E-state index in [9.17, 15) is 49.5 Å². The fourth-order valence-corrected chi connectivity index (χ4v) is 7.50. The molecule has 0 aliphatic heterocycles. The maximum Gasteiger partial charge on any atom is 0.408 e. The molecule has 0 aromatic carbocycles. The third-order valence-corrected chi connectivity index (χ3v) is 10.5. The second-order valence-electron chi connectivity index (χ2n) is 19.4. The van der Waals surface area contributed by atoms with Gasteiger partial charge >= 0.3 is 18.3 Å². The second-order valence-corrected chi connectivity index (χ2v) is 20.6. The Labute approximate surface area is 452 Å². The number of alkyl halides is 10. The molecule has 0 heterocycles. The molecule has 4 fully saturated rings. The van der Waals surface area contributed by atoms with Gasteiger partial charge in [0.25, 0.3) is 17.8 Å². The van der Waals surface area contributed by atoms with E-state index in [2.05, 4.69) is 35.6 Å². The number of nitrogens with two attached hydrogens (primary N) is 2. The molecule has 0 bridgehead atoms. The Hall–Kier alpha value is -2.19. The van der Waals surface area contributed by atoms with Crippen molar-refractivity contribution < 1.29 is 68.8 Å². The molecule has 8 atom stereocenters. The van der Waals surface area contributed by atoms with E-state index in [0.29, 0.717) is 44.9 Å². The summed E-state index contributed by atoms with van der Waals surface area (Å²) in [5.74, 6) is -11.8. The number of hydrogen-bond donors (Lipinski definition) is 6. The molecular formula is C43H81Cl5F8N10O7-2. The molecule has 3 amide bonds. The van der Waals surface area contributed by atoms with Crippen LogP contribution in [-0.4, -0.2) is 125 Å². The number of carbonyl (C=O) groups is 3. The average Bonchev–Trinajstić information content (AvgIpc) is 3.19. The fourth-order valence-electron chi connectivity index (χ4n) is 7.03. The summed E-state index contributed by atoms with van der Waals surface area (Å²) in [6.07, 6.45) is -0.301. The third-order valence-electron chi connectivity index (χ3n) is 10.0. The van der Waals surface area contributed by atoms with Crippen LogP contribution in [0.4, 0.5) is 49.5 Å². The lowest BCUT2D eigenvalue weighted by Gasteiger charge is -2.49. The lowest BCUT2D eigenvalue weighted by Crippen LogP contribution is -2.60. The van der Waals surface area contributed by atoms with Gasteiger partial charge in [-0.1, -0.05) is 32.4 Å². The molecule has 30 heteroatoms. The maximum atomic E-state index is 13.8. The highest BCUT2D eigenvalue weighted by Gasteiger charge is 2.49. The number of azide groups is 1. The molecule has 8 N–H and O–H groups in total. The van der Waals surface area contributed by atoms with Crippen molar-refractivity contribution in [2.45, 2.75) is 243 Å². The predicted octanol–water partition coefficient (Wildman–Crippen LogP) is 13.8. The zero-order valence-corrected chi connectivity index (χ0v) is 45.4. The minimum atomic E-state index is -3.10. The van der Waals surface area contributed by atoms with Gasteiger partial charge < -0.3 is 56.4 Å². The fraction of sp³-hybridized carbons (Fsp3) is 0.930. The Kier molecular flexibility index (Phi) is 39.3. The minimum absolute atomic E-state index is 0. The lowest BCUT2D eigenvalue weighted by atomic mass is 9.87. The standard InChI is InChI=1S/C11H18F2N4O2.2C11H20F2N2O2.C6H8Cl2F2N2.CH2Cl2.CH4O.2CH4.ClH/c1-10(2,3)19-9(18)15-8-7(16-17-14)5-4-6-11(8,12)13;1-10(2,3)17-9(16)15-7-5-4-6-11(12,13)8(7)14;1-10(2,3)17-9(16)15-8-7(14)5-4-6-11(8,12)13;7-11-4-2-1-3-6(9,10)5(4)12-8;2-1-3;1-2;;;/h7-8H,4-6H2,1-3H3,(H,15,18);2*7-8H,4-6,14H2,1-3H3,(H,15,16);4-5H,1-3H2;1H2;2H,1H3;2*1H4;1H/q;;;-2;;;;;/t3*7-,8+;4-,5+;;;;;/m0000...../s1. The molecule has 0 unspecified atom stereocenters. The van der Waals surface area contributed by atoms with Crippen molar-refractivity contribution in [3.63, 3.8) is 0 Å². The normalized spacial score (nSPS) is 26.2. The van der Waals surface area contributed by atoms with Crippen LogP contribution in [0.2, 0.25) is 0 Å². The van der Waals surface area contributed by atoms with E-state index < -0.39 is 107 Å². The van der Waals surface area contributed by atoms with Crippen LogP contribution >= 0.6 is 59.2 Å². The van der Waals surface area contributed by atoms with E-state index in [-0.39, 0.29) is 64.7 Å². The highest BCUT2D eigenvalue weighted by atomic mass is 35.5. The molecule has 73 heavy (non-hydrogen) atoms. The molecule has 0 aromatic rings. The lowest BCUT2D eigenvalue weighted by molar-refractivity contribution is -0.0717. The number of rotatable bonds is 6. The van der Waals surface area contributed by atoms with Gasteiger partial charge in [0.2, 0.25) is 5.92 Å². The molecule has 0 saturated heterocycles. The maximum absolute atomic E-state index is 13.8. The summed E-state index contributed by atoms with van der Waals surface area (Å²) >= 11 is 19.7. The summed E-state index contributed by atoms with van der Waals surface area (Å²) in [5, 5.41) is 17.3. The Bertz CT molecular complexity index is 1600. The van der Waals surface area contributed by atoms with Crippen LogP contribution in [0.3, 0.4) is 0 Å². The van der Waals surface area contributed by atoms with E-state index in [1.165, 1.54) is 0 Å². The van der Waals surface area contributed by atoms with Gasteiger partial charge in [0, 0.05) is 43.7 Å². The second kappa shape index (κ2) is 36.0. The van der Waals surface area contributed by atoms with Crippen molar-refractivity contribution >= 4 is 77.4 Å². The summed E-state index contributed by atoms with van der Waals surface area (Å²) in [6.45, 7) is 15.1. The summed E-state index contributed by atoms with van der Waals surface area (Å²) in [5.41, 5.74) is 17.3. The number of amides is 3. The van der Waals surface area contributed by atoms with E-state index in [0.717, 1.165) is 7.11 Å². The van der Waals surface area contributed by atoms with Crippen molar-refractivity contribution in [2.75, 3.05) is 12.4 Å². The Morgan fingerprint density at radius 3 is 1.38 bits per heavy atom. The summed E-state index contributed by atoms with van der Waals surface area (Å²) in [7, 11) is 1.00. The predicted molar refractivity (Wildman–Crippen MR) is 275 cm³/mol. The number of nitrogens with zero attached hydrogens (tertiary/aromatic N) is 5. The average molecular weight is 1180 g/mol. The van der Waals surface area contributed by atoms with Gasteiger partial charge in [-0.05, 0) is 113 Å². The van der Waals surface area contributed by atoms with Crippen LogP contribution in [0.15, 0.2) is 5.11 Å².